The topological polar surface area (TPSA) is 97.4 Å². The van der Waals surface area contributed by atoms with Crippen LogP contribution in [0.2, 0.25) is 5.02 Å². The molecule has 29 heavy (non-hydrogen) atoms. The molecule has 0 radical (unpaired) electrons. The third-order valence-electron chi connectivity index (χ3n) is 3.86. The van der Waals surface area contributed by atoms with Gasteiger partial charge in [-0.15, -0.1) is 11.3 Å². The number of carbonyl (C=O) groups excluding carboxylic acids is 3. The fourth-order valence-corrected chi connectivity index (χ4v) is 3.49. The van der Waals surface area contributed by atoms with Crippen LogP contribution in [0.3, 0.4) is 0 Å². The quantitative estimate of drug-likeness (QED) is 0.583. The summed E-state index contributed by atoms with van der Waals surface area (Å²) in [7, 11) is 1.24. The standard InChI is InChI=1S/C20H16ClN3O4S/c1-28-17(25)11-22-18(26)12-6-8-13(9-7-12)24-19(27)16-10-23-20(29-16)14-4-2-3-5-15(14)21/h2-10H,11H2,1H3,(H,22,26)(H,24,27). The van der Waals surface area contributed by atoms with Gasteiger partial charge in [0.25, 0.3) is 11.8 Å². The molecule has 0 bridgehead atoms. The van der Waals surface area contributed by atoms with Gasteiger partial charge in [0.1, 0.15) is 16.4 Å². The van der Waals surface area contributed by atoms with Crippen molar-refractivity contribution in [2.45, 2.75) is 0 Å². The fraction of sp³-hybridized carbons (Fsp3) is 0.100. The maximum Gasteiger partial charge on any atom is 0.325 e. The third kappa shape index (κ3) is 5.18. The number of nitrogens with one attached hydrogen (secondary N) is 2. The molecule has 7 nitrogen and oxygen atoms in total. The van der Waals surface area contributed by atoms with Crippen molar-refractivity contribution in [2.75, 3.05) is 19.0 Å². The first-order valence-electron chi connectivity index (χ1n) is 8.45. The van der Waals surface area contributed by atoms with Crippen molar-refractivity contribution in [3.05, 3.63) is 70.2 Å². The number of ether oxygens (including phenoxy) is 1. The van der Waals surface area contributed by atoms with Gasteiger partial charge in [-0.25, -0.2) is 4.98 Å². The number of esters is 1. The number of methoxy groups -OCH3 is 1. The Morgan fingerprint density at radius 1 is 1.07 bits per heavy atom. The van der Waals surface area contributed by atoms with Gasteiger partial charge in [-0.1, -0.05) is 29.8 Å². The Morgan fingerprint density at radius 2 is 1.79 bits per heavy atom. The van der Waals surface area contributed by atoms with Crippen LogP contribution in [0.15, 0.2) is 54.7 Å². The van der Waals surface area contributed by atoms with Gasteiger partial charge >= 0.3 is 5.97 Å². The number of amides is 2. The predicted molar refractivity (Wildman–Crippen MR) is 111 cm³/mol. The summed E-state index contributed by atoms with van der Waals surface area (Å²) in [6.45, 7) is -0.215. The molecular weight excluding hydrogens is 414 g/mol. The highest BCUT2D eigenvalue weighted by Gasteiger charge is 2.14. The normalized spacial score (nSPS) is 10.3. The van der Waals surface area contributed by atoms with E-state index < -0.39 is 11.9 Å². The molecule has 0 spiro atoms. The largest absolute Gasteiger partial charge is 0.468 e. The molecule has 9 heteroatoms. The van der Waals surface area contributed by atoms with E-state index in [0.29, 0.717) is 26.2 Å². The van der Waals surface area contributed by atoms with Gasteiger partial charge in [-0.05, 0) is 30.3 Å². The zero-order valence-electron chi connectivity index (χ0n) is 15.3. The second-order valence-corrected chi connectivity index (χ2v) is 7.24. The van der Waals surface area contributed by atoms with Crippen molar-refractivity contribution in [1.82, 2.24) is 10.3 Å². The zero-order valence-corrected chi connectivity index (χ0v) is 16.8. The highest BCUT2D eigenvalue weighted by molar-refractivity contribution is 7.17. The molecule has 0 aliphatic heterocycles. The molecule has 0 atom stereocenters. The van der Waals surface area contributed by atoms with Crippen LogP contribution in [0.5, 0.6) is 0 Å². The zero-order chi connectivity index (χ0) is 20.8. The van der Waals surface area contributed by atoms with Gasteiger partial charge in [0, 0.05) is 16.8 Å². The Bertz CT molecular complexity index is 1050. The van der Waals surface area contributed by atoms with E-state index in [2.05, 4.69) is 20.4 Å². The first-order chi connectivity index (χ1) is 14.0. The number of anilines is 1. The van der Waals surface area contributed by atoms with E-state index in [9.17, 15) is 14.4 Å². The molecule has 2 N–H and O–H groups in total. The van der Waals surface area contributed by atoms with Crippen molar-refractivity contribution in [3.8, 4) is 10.6 Å². The number of carbonyl (C=O) groups is 3. The number of hydrogen-bond donors (Lipinski definition) is 2. The number of nitrogens with zero attached hydrogens (tertiary/aromatic N) is 1. The Balaban J connectivity index is 1.63. The van der Waals surface area contributed by atoms with Crippen LogP contribution in [-0.2, 0) is 9.53 Å². The predicted octanol–water partition coefficient (Wildman–Crippen LogP) is 3.62. The van der Waals surface area contributed by atoms with Gasteiger partial charge < -0.3 is 15.4 Å². The van der Waals surface area contributed by atoms with E-state index in [0.717, 1.165) is 5.56 Å². The molecule has 2 aromatic carbocycles. The van der Waals surface area contributed by atoms with Crippen molar-refractivity contribution in [2.24, 2.45) is 0 Å². The van der Waals surface area contributed by atoms with Crippen LogP contribution in [0.4, 0.5) is 5.69 Å². The maximum atomic E-state index is 12.5. The van der Waals surface area contributed by atoms with Crippen molar-refractivity contribution in [3.63, 3.8) is 0 Å². The lowest BCUT2D eigenvalue weighted by Crippen LogP contribution is -2.30. The minimum atomic E-state index is -0.539. The molecule has 0 aliphatic carbocycles. The molecule has 2 amide bonds. The molecular formula is C20H16ClN3O4S. The monoisotopic (exact) mass is 429 g/mol. The first kappa shape index (κ1) is 20.5. The lowest BCUT2D eigenvalue weighted by Gasteiger charge is -2.06. The van der Waals surface area contributed by atoms with Crippen molar-refractivity contribution < 1.29 is 19.1 Å². The second kappa shape index (κ2) is 9.31. The van der Waals surface area contributed by atoms with Crippen LogP contribution in [0, 0.1) is 0 Å². The maximum absolute atomic E-state index is 12.5. The van der Waals surface area contributed by atoms with Crippen LogP contribution in [0.25, 0.3) is 10.6 Å². The van der Waals surface area contributed by atoms with Crippen molar-refractivity contribution >= 4 is 46.4 Å². The molecule has 0 saturated carbocycles. The summed E-state index contributed by atoms with van der Waals surface area (Å²) in [5.41, 5.74) is 1.64. The van der Waals surface area contributed by atoms with E-state index >= 15 is 0 Å². The molecule has 1 heterocycles. The molecule has 3 rings (SSSR count). The minimum absolute atomic E-state index is 0.215. The summed E-state index contributed by atoms with van der Waals surface area (Å²) in [4.78, 5) is 40.2. The Hall–Kier alpha value is -3.23. The highest BCUT2D eigenvalue weighted by atomic mass is 35.5. The van der Waals surface area contributed by atoms with Crippen LogP contribution >= 0.6 is 22.9 Å². The van der Waals surface area contributed by atoms with Crippen molar-refractivity contribution in [1.29, 1.82) is 0 Å². The summed E-state index contributed by atoms with van der Waals surface area (Å²) in [6, 6.07) is 13.6. The van der Waals surface area contributed by atoms with Crippen LogP contribution < -0.4 is 10.6 Å². The number of thiazole rings is 1. The first-order valence-corrected chi connectivity index (χ1v) is 9.64. The van der Waals surface area contributed by atoms with Gasteiger partial charge in [0.15, 0.2) is 0 Å². The van der Waals surface area contributed by atoms with E-state index in [1.807, 2.05) is 18.2 Å². The number of aromatic nitrogens is 1. The highest BCUT2D eigenvalue weighted by Crippen LogP contribution is 2.31. The summed E-state index contributed by atoms with van der Waals surface area (Å²) in [6.07, 6.45) is 1.49. The van der Waals surface area contributed by atoms with Gasteiger partial charge in [-0.2, -0.15) is 0 Å². The van der Waals surface area contributed by atoms with Gasteiger partial charge in [0.2, 0.25) is 0 Å². The van der Waals surface area contributed by atoms with E-state index in [1.165, 1.54) is 24.6 Å². The smallest absolute Gasteiger partial charge is 0.325 e. The number of halogens is 1. The Morgan fingerprint density at radius 3 is 2.48 bits per heavy atom. The molecule has 0 unspecified atom stereocenters. The molecule has 0 saturated heterocycles. The average Bonchev–Trinajstić information content (AvgIpc) is 3.22. The SMILES string of the molecule is COC(=O)CNC(=O)c1ccc(NC(=O)c2cnc(-c3ccccc3Cl)s2)cc1. The van der Waals surface area contributed by atoms with Gasteiger partial charge in [0.05, 0.1) is 18.3 Å². The minimum Gasteiger partial charge on any atom is -0.468 e. The number of hydrogen-bond acceptors (Lipinski definition) is 6. The lowest BCUT2D eigenvalue weighted by atomic mass is 10.2. The number of benzene rings is 2. The molecule has 1 aromatic heterocycles. The van der Waals surface area contributed by atoms with Gasteiger partial charge in [-0.3, -0.25) is 14.4 Å². The fourth-order valence-electron chi connectivity index (χ4n) is 2.36. The lowest BCUT2D eigenvalue weighted by molar-refractivity contribution is -0.139. The molecule has 3 aromatic rings. The summed E-state index contributed by atoms with van der Waals surface area (Å²) in [5.74, 6) is -1.27. The average molecular weight is 430 g/mol. The summed E-state index contributed by atoms with van der Waals surface area (Å²) >= 11 is 7.40. The summed E-state index contributed by atoms with van der Waals surface area (Å²) in [5, 5.41) is 6.41. The van der Waals surface area contributed by atoms with E-state index in [4.69, 9.17) is 11.6 Å². The second-order valence-electron chi connectivity index (χ2n) is 5.80. The molecule has 0 aliphatic rings. The Labute approximate surface area is 175 Å². The molecule has 148 valence electrons. The van der Waals surface area contributed by atoms with Crippen LogP contribution in [-0.4, -0.2) is 36.4 Å². The van der Waals surface area contributed by atoms with E-state index in [-0.39, 0.29) is 12.5 Å². The molecule has 0 fully saturated rings. The number of rotatable bonds is 6. The van der Waals surface area contributed by atoms with Crippen LogP contribution in [0.1, 0.15) is 20.0 Å². The third-order valence-corrected chi connectivity index (χ3v) is 5.22. The summed E-state index contributed by atoms with van der Waals surface area (Å²) < 4.78 is 4.47. The van der Waals surface area contributed by atoms with E-state index in [1.54, 1.807) is 30.3 Å². The Kier molecular flexibility index (Phi) is 6.58.